The minimum Gasteiger partial charge on any atom is -0.461 e. The van der Waals surface area contributed by atoms with Crippen LogP contribution in [0.4, 0.5) is 0 Å². The second-order valence-electron chi connectivity index (χ2n) is 14.1. The predicted octanol–water partition coefficient (Wildman–Crippen LogP) is 12.4. The van der Waals surface area contributed by atoms with Gasteiger partial charge in [-0.2, -0.15) is 0 Å². The fourth-order valence-corrected chi connectivity index (χ4v) is 8.55. The first-order valence-corrected chi connectivity index (χ1v) is 18.5. The van der Waals surface area contributed by atoms with Crippen LogP contribution in [0.25, 0.3) is 72.0 Å². The molecule has 2 unspecified atom stereocenters. The first-order chi connectivity index (χ1) is 26.8. The van der Waals surface area contributed by atoms with Gasteiger partial charge < -0.3 is 9.30 Å². The Morgan fingerprint density at radius 1 is 0.556 bits per heavy atom. The number of aromatic nitrogens is 3. The van der Waals surface area contributed by atoms with Crippen LogP contribution in [0.15, 0.2) is 194 Å². The van der Waals surface area contributed by atoms with Gasteiger partial charge in [-0.25, -0.2) is 9.97 Å². The normalized spacial score (nSPS) is 16.0. The first-order valence-electron chi connectivity index (χ1n) is 18.5. The zero-order chi connectivity index (χ0) is 35.6. The highest BCUT2D eigenvalue weighted by Crippen LogP contribution is 2.52. The van der Waals surface area contributed by atoms with Crippen LogP contribution in [0.1, 0.15) is 23.0 Å². The van der Waals surface area contributed by atoms with Gasteiger partial charge in [0, 0.05) is 45.1 Å². The minimum absolute atomic E-state index is 0.0927. The van der Waals surface area contributed by atoms with Crippen molar-refractivity contribution in [3.8, 4) is 44.9 Å². The molecule has 4 nitrogen and oxygen atoms in total. The van der Waals surface area contributed by atoms with E-state index in [4.69, 9.17) is 9.72 Å². The number of ether oxygens (including phenoxy) is 1. The topological polar surface area (TPSA) is 39.9 Å². The van der Waals surface area contributed by atoms with E-state index in [1.165, 1.54) is 44.1 Å². The molecule has 11 rings (SSSR count). The van der Waals surface area contributed by atoms with Crippen LogP contribution in [0.2, 0.25) is 0 Å². The average Bonchev–Trinajstić information content (AvgIpc) is 3.79. The predicted molar refractivity (Wildman–Crippen MR) is 220 cm³/mol. The van der Waals surface area contributed by atoms with Crippen molar-refractivity contribution < 1.29 is 4.74 Å². The van der Waals surface area contributed by atoms with E-state index in [0.29, 0.717) is 0 Å². The number of benzene rings is 6. The van der Waals surface area contributed by atoms with E-state index in [1.54, 1.807) is 0 Å². The minimum atomic E-state index is 0.0927. The lowest BCUT2D eigenvalue weighted by Crippen LogP contribution is -2.12. The average molecular weight is 692 g/mol. The molecule has 1 aliphatic carbocycles. The molecule has 3 aromatic heterocycles. The summed E-state index contributed by atoms with van der Waals surface area (Å²) >= 11 is 0. The summed E-state index contributed by atoms with van der Waals surface area (Å²) in [4.78, 5) is 9.54. The molecule has 4 heteroatoms. The largest absolute Gasteiger partial charge is 0.461 e. The molecule has 54 heavy (non-hydrogen) atoms. The van der Waals surface area contributed by atoms with Gasteiger partial charge in [-0.1, -0.05) is 115 Å². The van der Waals surface area contributed by atoms with Crippen LogP contribution in [-0.2, 0) is 0 Å². The monoisotopic (exact) mass is 691 g/mol. The zero-order valence-electron chi connectivity index (χ0n) is 29.3. The van der Waals surface area contributed by atoms with Crippen molar-refractivity contribution in [1.82, 2.24) is 14.5 Å². The molecule has 254 valence electrons. The lowest BCUT2D eigenvalue weighted by molar-refractivity contribution is 0.416. The van der Waals surface area contributed by atoms with Gasteiger partial charge in [0.2, 0.25) is 0 Å². The smallest absolute Gasteiger partial charge is 0.160 e. The first kappa shape index (κ1) is 30.6. The third-order valence-electron chi connectivity index (χ3n) is 11.1. The standard InChI is InChI=1S/C50H33N3O/c1-3-11-34(12-4-1)44-31-41(40-17-10-28-51-50(40)52-44)33-22-20-32(21-23-33)38-16-9-19-48-49(38)43-30-36(25-27-47(43)54-48)35-24-26-46-42(29-35)39-15-7-8-18-45(39)53(46)37-13-5-2-6-14-37/h1-31,38,49H. The lowest BCUT2D eigenvalue weighted by Gasteiger charge is -2.24. The summed E-state index contributed by atoms with van der Waals surface area (Å²) in [7, 11) is 0. The van der Waals surface area contributed by atoms with Crippen molar-refractivity contribution in [2.45, 2.75) is 11.8 Å². The fraction of sp³-hybridized carbons (Fsp3) is 0.0400. The number of allylic oxidation sites excluding steroid dienone is 4. The third-order valence-corrected chi connectivity index (χ3v) is 11.1. The molecule has 0 spiro atoms. The third kappa shape index (κ3) is 4.91. The van der Waals surface area contributed by atoms with Gasteiger partial charge in [0.1, 0.15) is 11.5 Å². The molecule has 1 aliphatic heterocycles. The van der Waals surface area contributed by atoms with Crippen LogP contribution >= 0.6 is 0 Å². The molecule has 0 amide bonds. The maximum atomic E-state index is 6.52. The van der Waals surface area contributed by atoms with Gasteiger partial charge in [0.05, 0.1) is 22.6 Å². The molecule has 0 bridgehead atoms. The highest BCUT2D eigenvalue weighted by Gasteiger charge is 2.37. The van der Waals surface area contributed by atoms with E-state index in [0.717, 1.165) is 50.6 Å². The highest BCUT2D eigenvalue weighted by atomic mass is 16.5. The van der Waals surface area contributed by atoms with E-state index in [-0.39, 0.29) is 11.8 Å². The molecular formula is C50H33N3O. The van der Waals surface area contributed by atoms with Crippen molar-refractivity contribution in [2.75, 3.05) is 0 Å². The van der Waals surface area contributed by atoms with Crippen LogP contribution < -0.4 is 4.74 Å². The van der Waals surface area contributed by atoms with Crippen LogP contribution in [0.3, 0.4) is 0 Å². The summed E-state index contributed by atoms with van der Waals surface area (Å²) < 4.78 is 8.89. The Hall–Kier alpha value is -7.04. The van der Waals surface area contributed by atoms with E-state index in [1.807, 2.05) is 30.5 Å². The molecule has 2 aliphatic rings. The summed E-state index contributed by atoms with van der Waals surface area (Å²) in [5.74, 6) is 2.16. The molecule has 6 aromatic carbocycles. The van der Waals surface area contributed by atoms with Gasteiger partial charge in [0.15, 0.2) is 5.65 Å². The molecule has 0 radical (unpaired) electrons. The zero-order valence-corrected chi connectivity index (χ0v) is 29.3. The number of rotatable bonds is 5. The highest BCUT2D eigenvalue weighted by molar-refractivity contribution is 6.10. The molecule has 2 atom stereocenters. The van der Waals surface area contributed by atoms with Crippen molar-refractivity contribution >= 4 is 32.8 Å². The summed E-state index contributed by atoms with van der Waals surface area (Å²) in [5.41, 5.74) is 13.4. The Balaban J connectivity index is 0.960. The molecule has 0 saturated carbocycles. The van der Waals surface area contributed by atoms with E-state index < -0.39 is 0 Å². The van der Waals surface area contributed by atoms with Crippen molar-refractivity contribution in [3.63, 3.8) is 0 Å². The van der Waals surface area contributed by atoms with Crippen LogP contribution in [-0.4, -0.2) is 14.5 Å². The number of hydrogen-bond donors (Lipinski definition) is 0. The molecule has 0 saturated heterocycles. The second kappa shape index (κ2) is 12.3. The van der Waals surface area contributed by atoms with Crippen molar-refractivity contribution in [3.05, 3.63) is 205 Å². The Morgan fingerprint density at radius 3 is 2.15 bits per heavy atom. The Morgan fingerprint density at radius 2 is 1.28 bits per heavy atom. The number of pyridine rings is 2. The maximum Gasteiger partial charge on any atom is 0.160 e. The molecule has 4 heterocycles. The van der Waals surface area contributed by atoms with Gasteiger partial charge in [-0.15, -0.1) is 0 Å². The summed E-state index contributed by atoms with van der Waals surface area (Å²) in [6.07, 6.45) is 8.40. The molecule has 0 fully saturated rings. The van der Waals surface area contributed by atoms with E-state index >= 15 is 0 Å². The Kier molecular flexibility index (Phi) is 6.96. The van der Waals surface area contributed by atoms with Crippen LogP contribution in [0, 0.1) is 0 Å². The molecule has 0 N–H and O–H groups in total. The van der Waals surface area contributed by atoms with Gasteiger partial charge >= 0.3 is 0 Å². The number of fused-ring (bicyclic) bond motifs is 7. The van der Waals surface area contributed by atoms with Gasteiger partial charge in [0.25, 0.3) is 0 Å². The van der Waals surface area contributed by atoms with E-state index in [9.17, 15) is 0 Å². The SMILES string of the molecule is C1=CC(c2ccc(-c3cc(-c4ccccc4)nc4ncccc34)cc2)C2C(=C1)Oc1ccc(-c3ccc4c(c3)c3ccccc3n4-c3ccccc3)cc12. The fourth-order valence-electron chi connectivity index (χ4n) is 8.55. The van der Waals surface area contributed by atoms with Crippen LogP contribution in [0.5, 0.6) is 5.75 Å². The number of para-hydroxylation sites is 2. The number of nitrogens with zero attached hydrogens (tertiary/aromatic N) is 3. The summed E-state index contributed by atoms with van der Waals surface area (Å²) in [6.45, 7) is 0. The second-order valence-corrected chi connectivity index (χ2v) is 14.1. The maximum absolute atomic E-state index is 6.52. The van der Waals surface area contributed by atoms with Gasteiger partial charge in [-0.05, 0) is 94.6 Å². The van der Waals surface area contributed by atoms with Crippen molar-refractivity contribution in [1.29, 1.82) is 0 Å². The Labute approximate surface area is 313 Å². The Bertz CT molecular complexity index is 2960. The summed E-state index contributed by atoms with van der Waals surface area (Å²) in [6, 6.07) is 58.5. The van der Waals surface area contributed by atoms with Gasteiger partial charge in [-0.3, -0.25) is 0 Å². The van der Waals surface area contributed by atoms with Crippen molar-refractivity contribution in [2.24, 2.45) is 0 Å². The molecular weight excluding hydrogens is 659 g/mol. The lowest BCUT2D eigenvalue weighted by atomic mass is 9.78. The number of hydrogen-bond acceptors (Lipinski definition) is 3. The summed E-state index contributed by atoms with van der Waals surface area (Å²) in [5, 5.41) is 3.54. The quantitative estimate of drug-likeness (QED) is 0.180. The molecule has 9 aromatic rings. The van der Waals surface area contributed by atoms with E-state index in [2.05, 4.69) is 167 Å².